The zero-order valence-electron chi connectivity index (χ0n) is 9.34. The van der Waals surface area contributed by atoms with Gasteiger partial charge in [-0.25, -0.2) is 13.4 Å². The van der Waals surface area contributed by atoms with Gasteiger partial charge < -0.3 is 4.74 Å². The molecule has 2 rings (SSSR count). The Morgan fingerprint density at radius 3 is 2.59 bits per heavy atom. The molecule has 0 saturated carbocycles. The fraction of sp³-hybridized carbons (Fsp3) is 0.500. The van der Waals surface area contributed by atoms with Gasteiger partial charge in [-0.3, -0.25) is 4.79 Å². The van der Waals surface area contributed by atoms with E-state index < -0.39 is 9.84 Å². The normalized spacial score (nSPS) is 17.9. The lowest BCUT2D eigenvalue weighted by Crippen LogP contribution is -2.10. The van der Waals surface area contributed by atoms with Crippen molar-refractivity contribution in [3.05, 3.63) is 17.1 Å². The Labute approximate surface area is 99.0 Å². The highest BCUT2D eigenvalue weighted by Gasteiger charge is 2.23. The molecule has 0 amide bonds. The molecular formula is C10H12N2O4S. The van der Waals surface area contributed by atoms with E-state index in [1.807, 2.05) is 0 Å². The number of aromatic nitrogens is 2. The van der Waals surface area contributed by atoms with E-state index in [4.69, 9.17) is 4.74 Å². The van der Waals surface area contributed by atoms with Crippen molar-refractivity contribution in [3.63, 3.8) is 0 Å². The van der Waals surface area contributed by atoms with Crippen LogP contribution < -0.4 is 4.74 Å². The van der Waals surface area contributed by atoms with Crippen LogP contribution in [0, 0.1) is 0 Å². The molecule has 2 heterocycles. The SMILES string of the molecule is COc1nc(C=O)nc2c1CCS(=O)(=O)CC2. The summed E-state index contributed by atoms with van der Waals surface area (Å²) in [5.41, 5.74) is 1.29. The second-order valence-electron chi connectivity index (χ2n) is 3.79. The van der Waals surface area contributed by atoms with E-state index in [0.29, 0.717) is 36.3 Å². The Morgan fingerprint density at radius 1 is 1.24 bits per heavy atom. The smallest absolute Gasteiger partial charge is 0.220 e. The second kappa shape index (κ2) is 4.40. The Morgan fingerprint density at radius 2 is 1.94 bits per heavy atom. The average Bonchev–Trinajstić information content (AvgIpc) is 2.47. The summed E-state index contributed by atoms with van der Waals surface area (Å²) in [4.78, 5) is 18.6. The summed E-state index contributed by atoms with van der Waals surface area (Å²) in [6.07, 6.45) is 1.17. The third-order valence-corrected chi connectivity index (χ3v) is 4.34. The summed E-state index contributed by atoms with van der Waals surface area (Å²) < 4.78 is 28.1. The molecule has 1 aromatic heterocycles. The van der Waals surface area contributed by atoms with Crippen LogP contribution in [0.2, 0.25) is 0 Å². The number of carbonyl (C=O) groups excluding carboxylic acids is 1. The van der Waals surface area contributed by atoms with Crippen LogP contribution >= 0.6 is 0 Å². The molecule has 1 aromatic rings. The predicted molar refractivity (Wildman–Crippen MR) is 60.0 cm³/mol. The van der Waals surface area contributed by atoms with Crippen LogP contribution in [0.5, 0.6) is 5.88 Å². The Balaban J connectivity index is 2.51. The Hall–Kier alpha value is -1.50. The molecule has 17 heavy (non-hydrogen) atoms. The third-order valence-electron chi connectivity index (χ3n) is 2.68. The highest BCUT2D eigenvalue weighted by molar-refractivity contribution is 7.91. The summed E-state index contributed by atoms with van der Waals surface area (Å²) in [5, 5.41) is 0. The van der Waals surface area contributed by atoms with Crippen molar-refractivity contribution in [2.45, 2.75) is 12.8 Å². The van der Waals surface area contributed by atoms with Gasteiger partial charge in [0.1, 0.15) is 0 Å². The van der Waals surface area contributed by atoms with Crippen molar-refractivity contribution in [2.75, 3.05) is 18.6 Å². The standard InChI is InChI=1S/C10H12N2O4S/c1-16-10-7-2-4-17(14,15)5-3-8(7)11-9(6-13)12-10/h6H,2-5H2,1H3. The highest BCUT2D eigenvalue weighted by Crippen LogP contribution is 2.23. The molecule has 0 atom stereocenters. The van der Waals surface area contributed by atoms with Crippen LogP contribution in [-0.4, -0.2) is 43.3 Å². The molecule has 0 N–H and O–H groups in total. The Bertz CT molecular complexity index is 554. The van der Waals surface area contributed by atoms with Crippen molar-refractivity contribution in [1.29, 1.82) is 0 Å². The molecule has 7 heteroatoms. The first-order chi connectivity index (χ1) is 8.05. The number of aldehydes is 1. The number of carbonyl (C=O) groups is 1. The first kappa shape index (κ1) is 12.0. The number of rotatable bonds is 2. The van der Waals surface area contributed by atoms with Gasteiger partial charge in [-0.15, -0.1) is 0 Å². The first-order valence-corrected chi connectivity index (χ1v) is 6.97. The number of ether oxygens (including phenoxy) is 1. The minimum atomic E-state index is -3.04. The van der Waals surface area contributed by atoms with Crippen LogP contribution in [0.25, 0.3) is 0 Å². The van der Waals surface area contributed by atoms with E-state index in [2.05, 4.69) is 9.97 Å². The Kier molecular flexibility index (Phi) is 3.10. The van der Waals surface area contributed by atoms with E-state index in [1.54, 1.807) is 0 Å². The topological polar surface area (TPSA) is 86.2 Å². The quantitative estimate of drug-likeness (QED) is 0.682. The van der Waals surface area contributed by atoms with Crippen LogP contribution in [-0.2, 0) is 22.7 Å². The van der Waals surface area contributed by atoms with Gasteiger partial charge in [0.15, 0.2) is 21.9 Å². The molecule has 0 saturated heterocycles. The van der Waals surface area contributed by atoms with Crippen molar-refractivity contribution < 1.29 is 17.9 Å². The lowest BCUT2D eigenvalue weighted by Gasteiger charge is -2.09. The van der Waals surface area contributed by atoms with Gasteiger partial charge >= 0.3 is 0 Å². The van der Waals surface area contributed by atoms with E-state index in [9.17, 15) is 13.2 Å². The van der Waals surface area contributed by atoms with Crippen molar-refractivity contribution in [3.8, 4) is 5.88 Å². The minimum Gasteiger partial charge on any atom is -0.481 e. The van der Waals surface area contributed by atoms with Crippen molar-refractivity contribution in [1.82, 2.24) is 9.97 Å². The molecule has 0 spiro atoms. The molecule has 0 fully saturated rings. The summed E-state index contributed by atoms with van der Waals surface area (Å²) in [7, 11) is -1.60. The van der Waals surface area contributed by atoms with Crippen LogP contribution in [0.1, 0.15) is 21.9 Å². The third kappa shape index (κ3) is 2.44. The van der Waals surface area contributed by atoms with E-state index in [0.717, 1.165) is 0 Å². The van der Waals surface area contributed by atoms with Gasteiger partial charge in [-0.1, -0.05) is 0 Å². The van der Waals surface area contributed by atoms with E-state index in [-0.39, 0.29) is 17.3 Å². The molecule has 0 bridgehead atoms. The monoisotopic (exact) mass is 256 g/mol. The molecule has 6 nitrogen and oxygen atoms in total. The molecule has 1 aliphatic rings. The maximum absolute atomic E-state index is 11.5. The molecule has 0 radical (unpaired) electrons. The van der Waals surface area contributed by atoms with Gasteiger partial charge in [-0.2, -0.15) is 4.98 Å². The summed E-state index contributed by atoms with van der Waals surface area (Å²) in [6.45, 7) is 0. The summed E-state index contributed by atoms with van der Waals surface area (Å²) in [6, 6.07) is 0. The predicted octanol–water partition coefficient (Wildman–Crippen LogP) is -0.189. The largest absolute Gasteiger partial charge is 0.481 e. The number of hydrogen-bond donors (Lipinski definition) is 0. The number of fused-ring (bicyclic) bond motifs is 1. The van der Waals surface area contributed by atoms with Gasteiger partial charge in [0.2, 0.25) is 5.88 Å². The van der Waals surface area contributed by atoms with E-state index in [1.165, 1.54) is 7.11 Å². The zero-order chi connectivity index (χ0) is 12.5. The fourth-order valence-corrected chi connectivity index (χ4v) is 3.04. The molecule has 0 aromatic carbocycles. The number of methoxy groups -OCH3 is 1. The molecule has 1 aliphatic heterocycles. The second-order valence-corrected chi connectivity index (χ2v) is 6.09. The molecular weight excluding hydrogens is 244 g/mol. The number of hydrogen-bond acceptors (Lipinski definition) is 6. The average molecular weight is 256 g/mol. The van der Waals surface area contributed by atoms with Gasteiger partial charge in [-0.05, 0) is 6.42 Å². The van der Waals surface area contributed by atoms with Crippen LogP contribution in [0.3, 0.4) is 0 Å². The maximum Gasteiger partial charge on any atom is 0.220 e. The lowest BCUT2D eigenvalue weighted by atomic mass is 10.1. The van der Waals surface area contributed by atoms with E-state index >= 15 is 0 Å². The zero-order valence-corrected chi connectivity index (χ0v) is 10.2. The van der Waals surface area contributed by atoms with Gasteiger partial charge in [0, 0.05) is 12.0 Å². The van der Waals surface area contributed by atoms with Gasteiger partial charge in [0.25, 0.3) is 0 Å². The van der Waals surface area contributed by atoms with Crippen molar-refractivity contribution >= 4 is 16.1 Å². The number of nitrogens with zero attached hydrogens (tertiary/aromatic N) is 2. The van der Waals surface area contributed by atoms with Gasteiger partial charge in [0.05, 0.1) is 24.3 Å². The fourth-order valence-electron chi connectivity index (χ4n) is 1.82. The highest BCUT2D eigenvalue weighted by atomic mass is 32.2. The molecule has 0 unspecified atom stereocenters. The van der Waals surface area contributed by atoms with Crippen molar-refractivity contribution in [2.24, 2.45) is 0 Å². The maximum atomic E-state index is 11.5. The minimum absolute atomic E-state index is 0.0277. The summed E-state index contributed by atoms with van der Waals surface area (Å²) in [5.74, 6) is 0.452. The first-order valence-electron chi connectivity index (χ1n) is 5.15. The van der Waals surface area contributed by atoms with Crippen LogP contribution in [0.15, 0.2) is 0 Å². The molecule has 92 valence electrons. The number of aryl methyl sites for hydroxylation is 1. The molecule has 0 aliphatic carbocycles. The number of sulfone groups is 1. The summed E-state index contributed by atoms with van der Waals surface area (Å²) >= 11 is 0. The van der Waals surface area contributed by atoms with Crippen LogP contribution in [0.4, 0.5) is 0 Å². The lowest BCUT2D eigenvalue weighted by molar-refractivity contribution is 0.111.